The molecule has 0 radical (unpaired) electrons. The van der Waals surface area contributed by atoms with Crippen LogP contribution in [0.2, 0.25) is 0 Å². The summed E-state index contributed by atoms with van der Waals surface area (Å²) >= 11 is 0. The summed E-state index contributed by atoms with van der Waals surface area (Å²) in [6.45, 7) is 2.54. The van der Waals surface area contributed by atoms with Crippen molar-refractivity contribution in [1.29, 1.82) is 0 Å². The average Bonchev–Trinajstić information content (AvgIpc) is 2.27. The minimum atomic E-state index is 0.00472. The number of nitrogens with one attached hydrogen (secondary N) is 1. The molecule has 0 aliphatic heterocycles. The molecule has 0 spiro atoms. The number of nitrogens with zero attached hydrogens (tertiary/aromatic N) is 1. The zero-order valence-electron chi connectivity index (χ0n) is 8.94. The minimum Gasteiger partial charge on any atom is -0.354 e. The highest BCUT2D eigenvalue weighted by molar-refractivity contribution is 5.78. The first kappa shape index (κ1) is 11.7. The fourth-order valence-corrected chi connectivity index (χ4v) is 1.14. The van der Waals surface area contributed by atoms with Gasteiger partial charge in [0.25, 0.3) is 0 Å². The van der Waals surface area contributed by atoms with Crippen molar-refractivity contribution >= 4 is 5.91 Å². The monoisotopic (exact) mass is 207 g/mol. The van der Waals surface area contributed by atoms with E-state index in [9.17, 15) is 4.79 Å². The van der Waals surface area contributed by atoms with Crippen molar-refractivity contribution < 1.29 is 4.79 Å². The van der Waals surface area contributed by atoms with Gasteiger partial charge in [-0.05, 0) is 24.1 Å². The van der Waals surface area contributed by atoms with Crippen molar-refractivity contribution in [2.45, 2.75) is 25.8 Å². The molecule has 0 saturated heterocycles. The molecule has 3 N–H and O–H groups in total. The number of amides is 1. The van der Waals surface area contributed by atoms with Crippen molar-refractivity contribution in [3.8, 4) is 0 Å². The molecule has 1 amide bonds. The van der Waals surface area contributed by atoms with Gasteiger partial charge in [-0.1, -0.05) is 6.92 Å². The molecule has 0 aromatic carbocycles. The molecule has 1 aromatic rings. The number of aromatic nitrogens is 1. The predicted octanol–water partition coefficient (Wildman–Crippen LogP) is 0.478. The molecule has 82 valence electrons. The zero-order valence-corrected chi connectivity index (χ0v) is 8.94. The maximum Gasteiger partial charge on any atom is 0.224 e. The molecule has 4 nitrogen and oxygen atoms in total. The number of carbonyl (C=O) groups is 1. The maximum atomic E-state index is 11.4. The van der Waals surface area contributed by atoms with Gasteiger partial charge in [-0.15, -0.1) is 0 Å². The minimum absolute atomic E-state index is 0.00472. The Balaban J connectivity index is 2.31. The smallest absolute Gasteiger partial charge is 0.224 e. The van der Waals surface area contributed by atoms with E-state index >= 15 is 0 Å². The van der Waals surface area contributed by atoms with Crippen LogP contribution in [0.1, 0.15) is 18.9 Å². The third kappa shape index (κ3) is 4.56. The summed E-state index contributed by atoms with van der Waals surface area (Å²) < 4.78 is 0. The summed E-state index contributed by atoms with van der Waals surface area (Å²) in [4.78, 5) is 15.3. The second-order valence-corrected chi connectivity index (χ2v) is 3.50. The summed E-state index contributed by atoms with van der Waals surface area (Å²) in [5.41, 5.74) is 6.66. The molecule has 0 saturated carbocycles. The van der Waals surface area contributed by atoms with E-state index in [-0.39, 0.29) is 11.9 Å². The predicted molar refractivity (Wildman–Crippen MR) is 59.2 cm³/mol. The first-order chi connectivity index (χ1) is 7.22. The van der Waals surface area contributed by atoms with E-state index < -0.39 is 0 Å². The summed E-state index contributed by atoms with van der Waals surface area (Å²) in [6.07, 6.45) is 4.62. The lowest BCUT2D eigenvalue weighted by Gasteiger charge is -2.10. The van der Waals surface area contributed by atoms with E-state index in [4.69, 9.17) is 5.73 Å². The fraction of sp³-hybridized carbons (Fsp3) is 0.455. The van der Waals surface area contributed by atoms with E-state index in [1.807, 2.05) is 19.1 Å². The highest BCUT2D eigenvalue weighted by atomic mass is 16.1. The Bertz CT molecular complexity index is 300. The number of hydrogen-bond acceptors (Lipinski definition) is 3. The highest BCUT2D eigenvalue weighted by Gasteiger charge is 2.04. The highest BCUT2D eigenvalue weighted by Crippen LogP contribution is 1.97. The molecule has 1 atom stereocenters. The topological polar surface area (TPSA) is 68.0 Å². The Labute approximate surface area is 89.9 Å². The third-order valence-electron chi connectivity index (χ3n) is 2.20. The van der Waals surface area contributed by atoms with Gasteiger partial charge in [0.2, 0.25) is 5.91 Å². The van der Waals surface area contributed by atoms with Crippen LogP contribution < -0.4 is 11.1 Å². The van der Waals surface area contributed by atoms with Gasteiger partial charge in [0.15, 0.2) is 0 Å². The average molecular weight is 207 g/mol. The summed E-state index contributed by atoms with van der Waals surface area (Å²) in [6, 6.07) is 3.71. The SMILES string of the molecule is CCC(N)CNC(=O)Cc1ccncc1. The maximum absolute atomic E-state index is 11.4. The summed E-state index contributed by atoms with van der Waals surface area (Å²) in [5.74, 6) is 0.00472. The van der Waals surface area contributed by atoms with Gasteiger partial charge in [-0.25, -0.2) is 0 Å². The molecule has 1 rings (SSSR count). The third-order valence-corrected chi connectivity index (χ3v) is 2.20. The molecule has 4 heteroatoms. The Morgan fingerprint density at radius 2 is 2.20 bits per heavy atom. The van der Waals surface area contributed by atoms with Gasteiger partial charge in [-0.2, -0.15) is 0 Å². The van der Waals surface area contributed by atoms with E-state index in [0.717, 1.165) is 12.0 Å². The molecule has 1 aromatic heterocycles. The van der Waals surface area contributed by atoms with Gasteiger partial charge in [0.1, 0.15) is 0 Å². The quantitative estimate of drug-likeness (QED) is 0.737. The Hall–Kier alpha value is -1.42. The molecule has 15 heavy (non-hydrogen) atoms. The molecule has 0 fully saturated rings. The number of nitrogens with two attached hydrogens (primary N) is 1. The lowest BCUT2D eigenvalue weighted by atomic mass is 10.2. The van der Waals surface area contributed by atoms with Crippen molar-refractivity contribution in [3.05, 3.63) is 30.1 Å². The van der Waals surface area contributed by atoms with Gasteiger partial charge in [-0.3, -0.25) is 9.78 Å². The Morgan fingerprint density at radius 1 is 1.53 bits per heavy atom. The lowest BCUT2D eigenvalue weighted by Crippen LogP contribution is -2.37. The van der Waals surface area contributed by atoms with Crippen LogP contribution in [0.25, 0.3) is 0 Å². The van der Waals surface area contributed by atoms with Crippen LogP contribution in [0.5, 0.6) is 0 Å². The van der Waals surface area contributed by atoms with Crippen LogP contribution in [0.3, 0.4) is 0 Å². The normalized spacial score (nSPS) is 12.1. The largest absolute Gasteiger partial charge is 0.354 e. The van der Waals surface area contributed by atoms with Crippen LogP contribution in [-0.2, 0) is 11.2 Å². The molecule has 1 heterocycles. The molecule has 1 unspecified atom stereocenters. The van der Waals surface area contributed by atoms with Crippen molar-refractivity contribution in [3.63, 3.8) is 0 Å². The first-order valence-electron chi connectivity index (χ1n) is 5.13. The first-order valence-corrected chi connectivity index (χ1v) is 5.13. The van der Waals surface area contributed by atoms with Gasteiger partial charge in [0.05, 0.1) is 6.42 Å². The molecular formula is C11H17N3O. The van der Waals surface area contributed by atoms with Crippen molar-refractivity contribution in [2.75, 3.05) is 6.54 Å². The van der Waals surface area contributed by atoms with Crippen LogP contribution in [0, 0.1) is 0 Å². The van der Waals surface area contributed by atoms with Crippen LogP contribution in [0.15, 0.2) is 24.5 Å². The Morgan fingerprint density at radius 3 is 2.80 bits per heavy atom. The molecule has 0 bridgehead atoms. The molecule has 0 aliphatic rings. The second-order valence-electron chi connectivity index (χ2n) is 3.50. The van der Waals surface area contributed by atoms with E-state index in [1.54, 1.807) is 12.4 Å². The summed E-state index contributed by atoms with van der Waals surface area (Å²) in [5, 5.41) is 2.80. The number of pyridine rings is 1. The van der Waals surface area contributed by atoms with E-state index in [1.165, 1.54) is 0 Å². The number of carbonyl (C=O) groups excluding carboxylic acids is 1. The van der Waals surface area contributed by atoms with Gasteiger partial charge >= 0.3 is 0 Å². The van der Waals surface area contributed by atoms with Gasteiger partial charge < -0.3 is 11.1 Å². The van der Waals surface area contributed by atoms with Crippen molar-refractivity contribution in [1.82, 2.24) is 10.3 Å². The molecule has 0 aliphatic carbocycles. The van der Waals surface area contributed by atoms with E-state index in [2.05, 4.69) is 10.3 Å². The Kier molecular flexibility index (Phi) is 4.77. The zero-order chi connectivity index (χ0) is 11.1. The second kappa shape index (κ2) is 6.14. The number of hydrogen-bond donors (Lipinski definition) is 2. The standard InChI is InChI=1S/C11H17N3O/c1-2-10(12)8-14-11(15)7-9-3-5-13-6-4-9/h3-6,10H,2,7-8,12H2,1H3,(H,14,15). The summed E-state index contributed by atoms with van der Waals surface area (Å²) in [7, 11) is 0. The molecular weight excluding hydrogens is 190 g/mol. The van der Waals surface area contributed by atoms with Crippen molar-refractivity contribution in [2.24, 2.45) is 5.73 Å². The van der Waals surface area contributed by atoms with Crippen LogP contribution in [0.4, 0.5) is 0 Å². The fourth-order valence-electron chi connectivity index (χ4n) is 1.14. The van der Waals surface area contributed by atoms with Crippen LogP contribution >= 0.6 is 0 Å². The van der Waals surface area contributed by atoms with E-state index in [0.29, 0.717) is 13.0 Å². The van der Waals surface area contributed by atoms with Crippen LogP contribution in [-0.4, -0.2) is 23.5 Å². The number of rotatable bonds is 5. The van der Waals surface area contributed by atoms with Gasteiger partial charge in [0, 0.05) is 25.0 Å². The lowest BCUT2D eigenvalue weighted by molar-refractivity contribution is -0.120.